The number of hydrogen-bond acceptors (Lipinski definition) is 2. The number of halogens is 1. The third-order valence-electron chi connectivity index (χ3n) is 2.36. The maximum atomic E-state index is 11.9. The number of likely N-dealkylation sites (N-methyl/N-ethyl adjacent to an activating group) is 1. The van der Waals surface area contributed by atoms with Gasteiger partial charge >= 0.3 is 0 Å². The molecule has 3 heteroatoms. The van der Waals surface area contributed by atoms with Crippen molar-refractivity contribution in [2.75, 3.05) is 19.8 Å². The summed E-state index contributed by atoms with van der Waals surface area (Å²) in [5.41, 5.74) is 1.26. The first-order valence-corrected chi connectivity index (χ1v) is 5.77. The van der Waals surface area contributed by atoms with Gasteiger partial charge in [-0.2, -0.15) is 0 Å². The molecule has 1 atom stereocenters. The molecule has 0 aromatic heterocycles. The zero-order chi connectivity index (χ0) is 11.8. The van der Waals surface area contributed by atoms with Crippen LogP contribution in [0.5, 0.6) is 5.75 Å². The molecule has 1 aromatic rings. The highest BCUT2D eigenvalue weighted by molar-refractivity contribution is 5.27. The van der Waals surface area contributed by atoms with Gasteiger partial charge < -0.3 is 10.1 Å². The molecule has 0 spiro atoms. The summed E-state index contributed by atoms with van der Waals surface area (Å²) in [5, 5.41) is 3.36. The lowest BCUT2D eigenvalue weighted by Crippen LogP contribution is -2.27. The molecular weight excluding hydrogens is 205 g/mol. The van der Waals surface area contributed by atoms with Crippen LogP contribution in [-0.4, -0.2) is 25.9 Å². The van der Waals surface area contributed by atoms with Crippen molar-refractivity contribution in [1.29, 1.82) is 0 Å². The van der Waals surface area contributed by atoms with E-state index in [0.717, 1.165) is 18.7 Å². The highest BCUT2D eigenvalue weighted by Crippen LogP contribution is 2.13. The average Bonchev–Trinajstić information content (AvgIpc) is 2.28. The highest BCUT2D eigenvalue weighted by atomic mass is 19.1. The molecule has 0 amide bonds. The van der Waals surface area contributed by atoms with E-state index < -0.39 is 6.67 Å². The average molecular weight is 225 g/mol. The summed E-state index contributed by atoms with van der Waals surface area (Å²) in [5.74, 6) is 0.734. The van der Waals surface area contributed by atoms with Crippen LogP contribution in [-0.2, 0) is 6.42 Å². The first-order chi connectivity index (χ1) is 7.76. The molecule has 1 unspecified atom stereocenters. The molecule has 1 N–H and O–H groups in total. The predicted molar refractivity (Wildman–Crippen MR) is 64.8 cm³/mol. The third kappa shape index (κ3) is 4.62. The maximum absolute atomic E-state index is 11.9. The van der Waals surface area contributed by atoms with E-state index in [0.29, 0.717) is 6.04 Å². The Hall–Kier alpha value is -1.09. The Bertz CT molecular complexity index is 286. The molecule has 0 fully saturated rings. The van der Waals surface area contributed by atoms with Gasteiger partial charge in [-0.25, -0.2) is 4.39 Å². The minimum Gasteiger partial charge on any atom is -0.491 e. The fourth-order valence-electron chi connectivity index (χ4n) is 1.65. The SMILES string of the molecule is CCNC(C)Cc1ccc(OCCF)cc1. The number of benzene rings is 1. The zero-order valence-electron chi connectivity index (χ0n) is 10.0. The van der Waals surface area contributed by atoms with Gasteiger partial charge in [0.05, 0.1) is 0 Å². The predicted octanol–water partition coefficient (Wildman–Crippen LogP) is 2.58. The first kappa shape index (κ1) is 13.0. The van der Waals surface area contributed by atoms with Crippen LogP contribution < -0.4 is 10.1 Å². The minimum absolute atomic E-state index is 0.132. The maximum Gasteiger partial charge on any atom is 0.123 e. The lowest BCUT2D eigenvalue weighted by atomic mass is 10.1. The van der Waals surface area contributed by atoms with Gasteiger partial charge in [-0.3, -0.25) is 0 Å². The molecular formula is C13H20FNO. The molecule has 0 aliphatic rings. The zero-order valence-corrected chi connectivity index (χ0v) is 10.0. The second kappa shape index (κ2) is 7.23. The molecule has 0 bridgehead atoms. The molecule has 2 nitrogen and oxygen atoms in total. The second-order valence-corrected chi connectivity index (χ2v) is 3.84. The quantitative estimate of drug-likeness (QED) is 0.770. The fourth-order valence-corrected chi connectivity index (χ4v) is 1.65. The van der Waals surface area contributed by atoms with Crippen molar-refractivity contribution in [2.24, 2.45) is 0 Å². The molecule has 16 heavy (non-hydrogen) atoms. The fraction of sp³-hybridized carbons (Fsp3) is 0.538. The second-order valence-electron chi connectivity index (χ2n) is 3.84. The van der Waals surface area contributed by atoms with Crippen LogP contribution >= 0.6 is 0 Å². The Morgan fingerprint density at radius 2 is 2.00 bits per heavy atom. The van der Waals surface area contributed by atoms with Crippen LogP contribution in [0.25, 0.3) is 0 Å². The van der Waals surface area contributed by atoms with E-state index in [9.17, 15) is 4.39 Å². The van der Waals surface area contributed by atoms with E-state index >= 15 is 0 Å². The van der Waals surface area contributed by atoms with Crippen LogP contribution in [0.4, 0.5) is 4.39 Å². The van der Waals surface area contributed by atoms with Gasteiger partial charge in [0.2, 0.25) is 0 Å². The van der Waals surface area contributed by atoms with E-state index in [-0.39, 0.29) is 6.61 Å². The van der Waals surface area contributed by atoms with Crippen molar-refractivity contribution in [1.82, 2.24) is 5.32 Å². The summed E-state index contributed by atoms with van der Waals surface area (Å²) in [6.07, 6.45) is 0.997. The van der Waals surface area contributed by atoms with Crippen LogP contribution in [0.15, 0.2) is 24.3 Å². The van der Waals surface area contributed by atoms with Crippen molar-refractivity contribution in [3.8, 4) is 5.75 Å². The van der Waals surface area contributed by atoms with E-state index in [2.05, 4.69) is 19.2 Å². The van der Waals surface area contributed by atoms with Crippen molar-refractivity contribution in [3.63, 3.8) is 0 Å². The van der Waals surface area contributed by atoms with Gasteiger partial charge in [-0.1, -0.05) is 19.1 Å². The van der Waals surface area contributed by atoms with E-state index in [4.69, 9.17) is 4.74 Å². The standard InChI is InChI=1S/C13H20FNO/c1-3-15-11(2)10-12-4-6-13(7-5-12)16-9-8-14/h4-7,11,15H,3,8-10H2,1-2H3. The van der Waals surface area contributed by atoms with Crippen molar-refractivity contribution in [2.45, 2.75) is 26.3 Å². The smallest absolute Gasteiger partial charge is 0.123 e. The van der Waals surface area contributed by atoms with Crippen LogP contribution in [0.1, 0.15) is 19.4 Å². The Labute approximate surface area is 96.8 Å². The van der Waals surface area contributed by atoms with Gasteiger partial charge in [0, 0.05) is 6.04 Å². The molecule has 0 saturated heterocycles. The van der Waals surface area contributed by atoms with Gasteiger partial charge in [0.15, 0.2) is 0 Å². The molecule has 0 aliphatic carbocycles. The molecule has 0 aliphatic heterocycles. The molecule has 0 radical (unpaired) electrons. The number of nitrogens with one attached hydrogen (secondary N) is 1. The van der Waals surface area contributed by atoms with E-state index in [1.165, 1.54) is 5.56 Å². The molecule has 1 aromatic carbocycles. The van der Waals surface area contributed by atoms with Crippen molar-refractivity contribution in [3.05, 3.63) is 29.8 Å². The summed E-state index contributed by atoms with van der Waals surface area (Å²) >= 11 is 0. The Morgan fingerprint density at radius 1 is 1.31 bits per heavy atom. The monoisotopic (exact) mass is 225 g/mol. The normalized spacial score (nSPS) is 12.4. The number of rotatable bonds is 7. The van der Waals surface area contributed by atoms with Crippen LogP contribution in [0.2, 0.25) is 0 Å². The third-order valence-corrected chi connectivity index (χ3v) is 2.36. The number of ether oxygens (including phenoxy) is 1. The summed E-state index contributed by atoms with van der Waals surface area (Å²) in [7, 11) is 0. The van der Waals surface area contributed by atoms with E-state index in [1.807, 2.05) is 24.3 Å². The Balaban J connectivity index is 2.44. The van der Waals surface area contributed by atoms with Crippen LogP contribution in [0, 0.1) is 0 Å². The Kier molecular flexibility index (Phi) is 5.86. The lowest BCUT2D eigenvalue weighted by Gasteiger charge is -2.12. The summed E-state index contributed by atoms with van der Waals surface area (Å²) in [4.78, 5) is 0. The minimum atomic E-state index is -0.445. The topological polar surface area (TPSA) is 21.3 Å². The van der Waals surface area contributed by atoms with Crippen molar-refractivity contribution >= 4 is 0 Å². The highest BCUT2D eigenvalue weighted by Gasteiger charge is 2.01. The van der Waals surface area contributed by atoms with Gasteiger partial charge in [-0.15, -0.1) is 0 Å². The summed E-state index contributed by atoms with van der Waals surface area (Å²) in [6.45, 7) is 4.94. The van der Waals surface area contributed by atoms with Gasteiger partial charge in [0.25, 0.3) is 0 Å². The van der Waals surface area contributed by atoms with Gasteiger partial charge in [-0.05, 0) is 37.6 Å². The molecule has 1 rings (SSSR count). The van der Waals surface area contributed by atoms with E-state index in [1.54, 1.807) is 0 Å². The molecule has 0 saturated carbocycles. The summed E-state index contributed by atoms with van der Waals surface area (Å²) in [6, 6.07) is 8.32. The molecule has 0 heterocycles. The van der Waals surface area contributed by atoms with Crippen LogP contribution in [0.3, 0.4) is 0 Å². The Morgan fingerprint density at radius 3 is 2.56 bits per heavy atom. The first-order valence-electron chi connectivity index (χ1n) is 5.77. The number of alkyl halides is 1. The molecule has 90 valence electrons. The largest absolute Gasteiger partial charge is 0.491 e. The number of hydrogen-bond donors (Lipinski definition) is 1. The van der Waals surface area contributed by atoms with Crippen molar-refractivity contribution < 1.29 is 9.13 Å². The summed E-state index contributed by atoms with van der Waals surface area (Å²) < 4.78 is 17.1. The lowest BCUT2D eigenvalue weighted by molar-refractivity contribution is 0.273. The van der Waals surface area contributed by atoms with Gasteiger partial charge in [0.1, 0.15) is 19.0 Å².